The summed E-state index contributed by atoms with van der Waals surface area (Å²) in [6.07, 6.45) is 0. The third kappa shape index (κ3) is 4.25. The van der Waals surface area contributed by atoms with Gasteiger partial charge in [0.25, 0.3) is 5.91 Å². The van der Waals surface area contributed by atoms with E-state index in [9.17, 15) is 19.5 Å². The molecule has 0 aromatic heterocycles. The molecule has 2 rings (SSSR count). The lowest BCUT2D eigenvalue weighted by molar-refractivity contribution is -0.142. The predicted molar refractivity (Wildman–Crippen MR) is 86.4 cm³/mol. The molecule has 0 saturated carbocycles. The van der Waals surface area contributed by atoms with Crippen LogP contribution in [0.3, 0.4) is 0 Å². The molecule has 0 radical (unpaired) electrons. The van der Waals surface area contributed by atoms with Gasteiger partial charge in [-0.05, 0) is 11.0 Å². The molecule has 1 aliphatic heterocycles. The predicted octanol–water partition coefficient (Wildman–Crippen LogP) is 0.525. The lowest BCUT2D eigenvalue weighted by Crippen LogP contribution is -2.56. The molecule has 0 fully saturated rings. The van der Waals surface area contributed by atoms with Crippen molar-refractivity contribution in [2.75, 3.05) is 0 Å². The molecule has 23 heavy (non-hydrogen) atoms. The quantitative estimate of drug-likeness (QED) is 0.611. The lowest BCUT2D eigenvalue weighted by Gasteiger charge is -2.27. The molecule has 1 aromatic carbocycles. The van der Waals surface area contributed by atoms with Crippen LogP contribution in [-0.2, 0) is 14.4 Å². The maximum atomic E-state index is 12.2. The molecule has 0 bridgehead atoms. The first-order valence-electron chi connectivity index (χ1n) is 6.56. The monoisotopic (exact) mass is 355 g/mol. The second-order valence-electron chi connectivity index (χ2n) is 4.71. The number of halogens is 1. The van der Waals surface area contributed by atoms with E-state index in [1.54, 1.807) is 30.3 Å². The van der Waals surface area contributed by atoms with Crippen molar-refractivity contribution >= 4 is 41.1 Å². The Morgan fingerprint density at radius 1 is 1.35 bits per heavy atom. The minimum Gasteiger partial charge on any atom is -0.480 e. The van der Waals surface area contributed by atoms with Crippen LogP contribution in [0.2, 0.25) is 0 Å². The number of hydrogen-bond acceptors (Lipinski definition) is 5. The molecule has 1 aliphatic rings. The van der Waals surface area contributed by atoms with Gasteiger partial charge in [-0.25, -0.2) is 4.79 Å². The van der Waals surface area contributed by atoms with Gasteiger partial charge in [-0.1, -0.05) is 41.9 Å². The Hall–Kier alpha value is -2.03. The van der Waals surface area contributed by atoms with Crippen molar-refractivity contribution in [2.24, 2.45) is 5.73 Å². The van der Waals surface area contributed by atoms with E-state index in [2.05, 4.69) is 10.6 Å². The number of benzene rings is 1. The second kappa shape index (κ2) is 7.49. The first-order chi connectivity index (χ1) is 10.9. The van der Waals surface area contributed by atoms with Crippen molar-refractivity contribution in [1.29, 1.82) is 0 Å². The summed E-state index contributed by atoms with van der Waals surface area (Å²) < 4.78 is 0. The smallest absolute Gasteiger partial charge is 0.329 e. The van der Waals surface area contributed by atoms with Crippen molar-refractivity contribution in [3.8, 4) is 0 Å². The Morgan fingerprint density at radius 3 is 2.57 bits per heavy atom. The highest BCUT2D eigenvalue weighted by Crippen LogP contribution is 2.24. The summed E-state index contributed by atoms with van der Waals surface area (Å²) in [4.78, 5) is 35.1. The zero-order chi connectivity index (χ0) is 17.0. The van der Waals surface area contributed by atoms with Gasteiger partial charge in [-0.15, -0.1) is 11.8 Å². The van der Waals surface area contributed by atoms with Gasteiger partial charge in [0.2, 0.25) is 5.91 Å². The van der Waals surface area contributed by atoms with Gasteiger partial charge in [0.15, 0.2) is 6.04 Å². The third-order valence-corrected chi connectivity index (χ3v) is 4.58. The minimum atomic E-state index is -1.34. The SMILES string of the molecule is N[C@@H](C(=O)N[C@H](C(=O)O)[C@H]1NC(=O)C(Cl)=CS1)c1ccccc1. The number of carbonyl (C=O) groups excluding carboxylic acids is 2. The normalized spacial score (nSPS) is 20.0. The average molecular weight is 356 g/mol. The van der Waals surface area contributed by atoms with Crippen molar-refractivity contribution in [2.45, 2.75) is 17.5 Å². The van der Waals surface area contributed by atoms with E-state index in [0.29, 0.717) is 5.56 Å². The molecule has 122 valence electrons. The van der Waals surface area contributed by atoms with Crippen LogP contribution < -0.4 is 16.4 Å². The van der Waals surface area contributed by atoms with Crippen LogP contribution in [0.5, 0.6) is 0 Å². The van der Waals surface area contributed by atoms with E-state index in [1.807, 2.05) is 0 Å². The van der Waals surface area contributed by atoms with Crippen LogP contribution >= 0.6 is 23.4 Å². The fraction of sp³-hybridized carbons (Fsp3) is 0.214. The molecule has 0 spiro atoms. The number of aliphatic carboxylic acids is 1. The number of carboxylic acids is 1. The van der Waals surface area contributed by atoms with E-state index >= 15 is 0 Å². The van der Waals surface area contributed by atoms with Crippen molar-refractivity contribution in [3.05, 3.63) is 46.3 Å². The highest BCUT2D eigenvalue weighted by Gasteiger charge is 2.35. The lowest BCUT2D eigenvalue weighted by atomic mass is 10.1. The summed E-state index contributed by atoms with van der Waals surface area (Å²) in [5.41, 5.74) is 6.39. The summed E-state index contributed by atoms with van der Waals surface area (Å²) in [5.74, 6) is -2.54. The van der Waals surface area contributed by atoms with Gasteiger partial charge in [0, 0.05) is 0 Å². The van der Waals surface area contributed by atoms with Gasteiger partial charge in [0.05, 0.1) is 0 Å². The van der Waals surface area contributed by atoms with Gasteiger partial charge < -0.3 is 21.5 Å². The van der Waals surface area contributed by atoms with Gasteiger partial charge in [0.1, 0.15) is 16.4 Å². The van der Waals surface area contributed by atoms with Crippen molar-refractivity contribution in [1.82, 2.24) is 10.6 Å². The Kier molecular flexibility index (Phi) is 5.64. The average Bonchev–Trinajstić information content (AvgIpc) is 2.55. The number of carboxylic acid groups (broad SMARTS) is 1. The van der Waals surface area contributed by atoms with Gasteiger partial charge in [-0.3, -0.25) is 9.59 Å². The Balaban J connectivity index is 2.09. The Labute approximate surface area is 141 Å². The fourth-order valence-electron chi connectivity index (χ4n) is 1.90. The Bertz CT molecular complexity index is 653. The van der Waals surface area contributed by atoms with Crippen molar-refractivity contribution in [3.63, 3.8) is 0 Å². The van der Waals surface area contributed by atoms with Crippen LogP contribution in [0.4, 0.5) is 0 Å². The molecule has 2 amide bonds. The maximum Gasteiger partial charge on any atom is 0.329 e. The molecular formula is C14H14ClN3O4S. The summed E-state index contributed by atoms with van der Waals surface area (Å²) in [7, 11) is 0. The maximum absolute atomic E-state index is 12.2. The molecule has 0 saturated heterocycles. The number of rotatable bonds is 5. The topological polar surface area (TPSA) is 122 Å². The number of hydrogen-bond donors (Lipinski definition) is 4. The molecule has 5 N–H and O–H groups in total. The summed E-state index contributed by atoms with van der Waals surface area (Å²) in [6.45, 7) is 0. The number of thioether (sulfide) groups is 1. The van der Waals surface area contributed by atoms with Crippen LogP contribution in [0.25, 0.3) is 0 Å². The molecule has 9 heteroatoms. The van der Waals surface area contributed by atoms with E-state index in [4.69, 9.17) is 17.3 Å². The van der Waals surface area contributed by atoms with E-state index < -0.39 is 35.2 Å². The molecule has 0 unspecified atom stereocenters. The summed E-state index contributed by atoms with van der Waals surface area (Å²) in [6, 6.07) is 6.20. The fourth-order valence-corrected chi connectivity index (χ4v) is 3.00. The largest absolute Gasteiger partial charge is 0.480 e. The minimum absolute atomic E-state index is 0.0392. The van der Waals surface area contributed by atoms with Gasteiger partial charge in [-0.2, -0.15) is 0 Å². The summed E-state index contributed by atoms with van der Waals surface area (Å²) in [5, 5.41) is 14.5. The van der Waals surface area contributed by atoms with Crippen LogP contribution in [0, 0.1) is 0 Å². The standard InChI is InChI=1S/C14H14ClN3O4S/c15-8-6-23-13(18-11(8)19)10(14(21)22)17-12(20)9(16)7-4-2-1-3-5-7/h1-6,9-10,13H,16H2,(H,17,20)(H,18,19)(H,21,22)/t9-,10+,13+/m1/s1. The Morgan fingerprint density at radius 2 is 2.00 bits per heavy atom. The number of nitrogens with one attached hydrogen (secondary N) is 2. The molecule has 0 aliphatic carbocycles. The third-order valence-electron chi connectivity index (χ3n) is 3.12. The zero-order valence-corrected chi connectivity index (χ0v) is 13.3. The van der Waals surface area contributed by atoms with Gasteiger partial charge >= 0.3 is 5.97 Å². The highest BCUT2D eigenvalue weighted by atomic mass is 35.5. The molecule has 1 heterocycles. The molecule has 7 nitrogen and oxygen atoms in total. The van der Waals surface area contributed by atoms with Crippen LogP contribution in [0.15, 0.2) is 40.8 Å². The summed E-state index contributed by atoms with van der Waals surface area (Å²) >= 11 is 6.63. The van der Waals surface area contributed by atoms with E-state index in [0.717, 1.165) is 11.8 Å². The second-order valence-corrected chi connectivity index (χ2v) is 6.13. The van der Waals surface area contributed by atoms with E-state index in [-0.39, 0.29) is 5.03 Å². The first kappa shape index (κ1) is 17.3. The molecule has 3 atom stereocenters. The number of nitrogens with two attached hydrogens (primary N) is 1. The van der Waals surface area contributed by atoms with Crippen LogP contribution in [0.1, 0.15) is 11.6 Å². The highest BCUT2D eigenvalue weighted by molar-refractivity contribution is 8.03. The van der Waals surface area contributed by atoms with E-state index in [1.165, 1.54) is 5.41 Å². The first-order valence-corrected chi connectivity index (χ1v) is 7.88. The molecule has 1 aromatic rings. The number of amides is 2. The van der Waals surface area contributed by atoms with Crippen LogP contribution in [-0.4, -0.2) is 34.3 Å². The molecular weight excluding hydrogens is 342 g/mol. The zero-order valence-electron chi connectivity index (χ0n) is 11.7. The van der Waals surface area contributed by atoms with Crippen molar-refractivity contribution < 1.29 is 19.5 Å². The number of carbonyl (C=O) groups is 3.